The molecule has 5 rings (SSSR count). The Balaban J connectivity index is 1.21. The largest absolute Gasteiger partial charge is 0.418 e. The van der Waals surface area contributed by atoms with Crippen molar-refractivity contribution in [1.29, 1.82) is 0 Å². The highest BCUT2D eigenvalue weighted by atomic mass is 32.2. The van der Waals surface area contributed by atoms with Gasteiger partial charge in [0.2, 0.25) is 0 Å². The Morgan fingerprint density at radius 3 is 2.65 bits per heavy atom. The summed E-state index contributed by atoms with van der Waals surface area (Å²) in [4.78, 5) is 10.1. The Morgan fingerprint density at radius 2 is 1.95 bits per heavy atom. The maximum atomic E-state index is 13.4. The number of fused-ring (bicyclic) bond motifs is 1. The van der Waals surface area contributed by atoms with Gasteiger partial charge in [-0.15, -0.1) is 11.3 Å². The molecular formula is C23H23F3N6O3S2. The van der Waals surface area contributed by atoms with E-state index in [1.807, 2.05) is 6.92 Å². The van der Waals surface area contributed by atoms with Gasteiger partial charge < -0.3 is 9.84 Å². The Labute approximate surface area is 215 Å². The quantitative estimate of drug-likeness (QED) is 0.364. The van der Waals surface area contributed by atoms with Gasteiger partial charge in [-0.3, -0.25) is 4.90 Å². The maximum absolute atomic E-state index is 13.4. The Hall–Kier alpha value is -3.07. The van der Waals surface area contributed by atoms with Crippen LogP contribution in [-0.4, -0.2) is 71.5 Å². The summed E-state index contributed by atoms with van der Waals surface area (Å²) < 4.78 is 73.2. The van der Waals surface area contributed by atoms with Crippen LogP contribution in [0.4, 0.5) is 19.0 Å². The lowest BCUT2D eigenvalue weighted by Crippen LogP contribution is -2.50. The number of sulfonamides is 1. The number of alkyl halides is 3. The van der Waals surface area contributed by atoms with Gasteiger partial charge in [-0.1, -0.05) is 11.2 Å². The van der Waals surface area contributed by atoms with E-state index in [0.29, 0.717) is 55.3 Å². The molecule has 3 aromatic heterocycles. The predicted molar refractivity (Wildman–Crippen MR) is 133 cm³/mol. The molecule has 0 spiro atoms. The molecule has 0 saturated carbocycles. The van der Waals surface area contributed by atoms with E-state index in [0.717, 1.165) is 23.7 Å². The zero-order chi connectivity index (χ0) is 26.2. The highest BCUT2D eigenvalue weighted by molar-refractivity contribution is 7.91. The van der Waals surface area contributed by atoms with E-state index in [-0.39, 0.29) is 15.8 Å². The van der Waals surface area contributed by atoms with E-state index in [9.17, 15) is 21.6 Å². The van der Waals surface area contributed by atoms with Crippen molar-refractivity contribution in [2.45, 2.75) is 23.4 Å². The normalized spacial score (nSPS) is 16.8. The Morgan fingerprint density at radius 1 is 1.16 bits per heavy atom. The number of piperazine rings is 1. The third kappa shape index (κ3) is 5.32. The molecule has 4 heterocycles. The first-order valence-corrected chi connectivity index (χ1v) is 13.7. The zero-order valence-electron chi connectivity index (χ0n) is 19.6. The summed E-state index contributed by atoms with van der Waals surface area (Å²) >= 11 is 1.14. The number of halogens is 3. The second-order valence-corrected chi connectivity index (χ2v) is 11.8. The first-order chi connectivity index (χ1) is 17.6. The Kier molecular flexibility index (Phi) is 6.91. The van der Waals surface area contributed by atoms with E-state index in [2.05, 4.69) is 25.3 Å². The molecule has 0 unspecified atom stereocenters. The molecule has 4 aromatic rings. The van der Waals surface area contributed by atoms with Crippen LogP contribution in [0.1, 0.15) is 12.5 Å². The molecule has 14 heteroatoms. The minimum Gasteiger partial charge on any atom is -0.366 e. The van der Waals surface area contributed by atoms with Gasteiger partial charge in [0.25, 0.3) is 10.0 Å². The Bertz CT molecular complexity index is 1480. The summed E-state index contributed by atoms with van der Waals surface area (Å²) in [6.45, 7) is 4.17. The van der Waals surface area contributed by atoms with E-state index in [1.54, 1.807) is 23.6 Å². The molecule has 9 nitrogen and oxygen atoms in total. The lowest BCUT2D eigenvalue weighted by Gasteiger charge is -2.35. The summed E-state index contributed by atoms with van der Waals surface area (Å²) in [6, 6.07) is 7.01. The molecule has 1 atom stereocenters. The second-order valence-electron chi connectivity index (χ2n) is 8.70. The molecule has 1 aliphatic rings. The number of nitrogens with zero attached hydrogens (tertiary/aromatic N) is 5. The van der Waals surface area contributed by atoms with Crippen molar-refractivity contribution < 1.29 is 26.1 Å². The second kappa shape index (κ2) is 10.0. The first-order valence-electron chi connectivity index (χ1n) is 11.4. The lowest BCUT2D eigenvalue weighted by atomic mass is 10.1. The van der Waals surface area contributed by atoms with Crippen LogP contribution in [0.25, 0.3) is 22.2 Å². The molecule has 1 saturated heterocycles. The molecule has 1 aliphatic heterocycles. The zero-order valence-corrected chi connectivity index (χ0v) is 21.3. The van der Waals surface area contributed by atoms with Crippen LogP contribution in [0.3, 0.4) is 0 Å². The van der Waals surface area contributed by atoms with Crippen molar-refractivity contribution >= 4 is 38.1 Å². The minimum atomic E-state index is -4.52. The topological polar surface area (TPSA) is 104 Å². The van der Waals surface area contributed by atoms with Crippen LogP contribution in [-0.2, 0) is 16.2 Å². The lowest BCUT2D eigenvalue weighted by molar-refractivity contribution is -0.136. The highest BCUT2D eigenvalue weighted by Gasteiger charge is 2.34. The highest BCUT2D eigenvalue weighted by Crippen LogP contribution is 2.35. The van der Waals surface area contributed by atoms with Crippen LogP contribution < -0.4 is 5.32 Å². The van der Waals surface area contributed by atoms with Crippen LogP contribution >= 0.6 is 11.3 Å². The van der Waals surface area contributed by atoms with Gasteiger partial charge in [0.15, 0.2) is 5.76 Å². The molecule has 0 radical (unpaired) electrons. The monoisotopic (exact) mass is 552 g/mol. The van der Waals surface area contributed by atoms with Crippen molar-refractivity contribution in [2.24, 2.45) is 0 Å². The molecule has 196 valence electrons. The fourth-order valence-corrected chi connectivity index (χ4v) is 7.07. The van der Waals surface area contributed by atoms with Crippen molar-refractivity contribution in [2.75, 3.05) is 38.0 Å². The van der Waals surface area contributed by atoms with Crippen molar-refractivity contribution in [3.8, 4) is 11.3 Å². The molecule has 1 fully saturated rings. The van der Waals surface area contributed by atoms with Gasteiger partial charge in [0.1, 0.15) is 16.4 Å². The summed E-state index contributed by atoms with van der Waals surface area (Å²) in [5.74, 6) is 0.833. The minimum absolute atomic E-state index is 0.154. The number of hydrogen-bond donors (Lipinski definition) is 1. The van der Waals surface area contributed by atoms with Crippen LogP contribution in [0.2, 0.25) is 0 Å². The summed E-state index contributed by atoms with van der Waals surface area (Å²) in [5.41, 5.74) is -0.295. The van der Waals surface area contributed by atoms with Crippen molar-refractivity contribution in [3.05, 3.63) is 53.8 Å². The SMILES string of the molecule is C[C@@H](CN1CCN(S(=O)(=O)c2cc(-c3ccno3)cs2)CC1)Nc1ncnc2c(C(F)(F)F)cccc12. The fourth-order valence-electron chi connectivity index (χ4n) is 4.32. The molecule has 1 N–H and O–H groups in total. The molecule has 1 aromatic carbocycles. The van der Waals surface area contributed by atoms with Gasteiger partial charge >= 0.3 is 6.18 Å². The summed E-state index contributed by atoms with van der Waals surface area (Å²) in [7, 11) is -3.63. The van der Waals surface area contributed by atoms with Gasteiger partial charge in [-0.2, -0.15) is 17.5 Å². The fraction of sp³-hybridized carbons (Fsp3) is 0.348. The smallest absolute Gasteiger partial charge is 0.366 e. The molecular weight excluding hydrogens is 529 g/mol. The summed E-state index contributed by atoms with van der Waals surface area (Å²) in [6.07, 6.45) is -1.89. The molecule has 0 bridgehead atoms. The van der Waals surface area contributed by atoms with Gasteiger partial charge in [0.05, 0.1) is 17.3 Å². The standard InChI is InChI=1S/C23H23F3N6O3S2/c1-15(30-22-17-3-2-4-18(23(24,25)26)21(17)27-14-28-22)12-31-7-9-32(10-8-31)37(33,34)20-11-16(13-36-20)19-5-6-29-35-19/h2-6,11,13-15H,7-10,12H2,1H3,(H,27,28,30)/t15-/m0/s1. The number of nitrogens with one attached hydrogen (secondary N) is 1. The number of hydrogen-bond acceptors (Lipinski definition) is 9. The third-order valence-corrected chi connectivity index (χ3v) is 9.42. The average molecular weight is 553 g/mol. The van der Waals surface area contributed by atoms with E-state index in [1.165, 1.54) is 16.6 Å². The van der Waals surface area contributed by atoms with Crippen LogP contribution in [0, 0.1) is 0 Å². The van der Waals surface area contributed by atoms with Crippen LogP contribution in [0.15, 0.2) is 57.0 Å². The van der Waals surface area contributed by atoms with Gasteiger partial charge in [-0.05, 0) is 25.1 Å². The predicted octanol–water partition coefficient (Wildman–Crippen LogP) is 4.17. The van der Waals surface area contributed by atoms with Gasteiger partial charge in [-0.25, -0.2) is 18.4 Å². The molecule has 37 heavy (non-hydrogen) atoms. The number of para-hydroxylation sites is 1. The van der Waals surface area contributed by atoms with Crippen molar-refractivity contribution in [3.63, 3.8) is 0 Å². The maximum Gasteiger partial charge on any atom is 0.418 e. The third-order valence-electron chi connectivity index (χ3n) is 6.11. The molecule has 0 aliphatic carbocycles. The van der Waals surface area contributed by atoms with Crippen LogP contribution in [0.5, 0.6) is 0 Å². The van der Waals surface area contributed by atoms with E-state index >= 15 is 0 Å². The number of thiophene rings is 1. The number of benzene rings is 1. The number of rotatable bonds is 7. The first kappa shape index (κ1) is 25.6. The number of anilines is 1. The van der Waals surface area contributed by atoms with E-state index < -0.39 is 21.8 Å². The van der Waals surface area contributed by atoms with E-state index in [4.69, 9.17) is 4.52 Å². The number of aromatic nitrogens is 3. The molecule has 0 amide bonds. The van der Waals surface area contributed by atoms with Gasteiger partial charge in [0, 0.05) is 61.2 Å². The van der Waals surface area contributed by atoms with Crippen molar-refractivity contribution in [1.82, 2.24) is 24.3 Å². The average Bonchev–Trinajstić information content (AvgIpc) is 3.56. The summed E-state index contributed by atoms with van der Waals surface area (Å²) in [5, 5.41) is 8.86.